The van der Waals surface area contributed by atoms with Crippen molar-refractivity contribution < 1.29 is 17.6 Å². The zero-order valence-electron chi connectivity index (χ0n) is 19.2. The maximum atomic E-state index is 13.9. The van der Waals surface area contributed by atoms with E-state index in [0.29, 0.717) is 12.8 Å². The summed E-state index contributed by atoms with van der Waals surface area (Å²) in [6.45, 7) is 2.51. The molecule has 1 aliphatic rings. The summed E-state index contributed by atoms with van der Waals surface area (Å²) in [5.41, 5.74) is 3.29. The minimum atomic E-state index is -3.66. The molecule has 0 aliphatic carbocycles. The van der Waals surface area contributed by atoms with E-state index in [1.165, 1.54) is 22.5 Å². The van der Waals surface area contributed by atoms with Gasteiger partial charge in [-0.15, -0.1) is 0 Å². The second kappa shape index (κ2) is 10.5. The first-order valence-electron chi connectivity index (χ1n) is 11.5. The summed E-state index contributed by atoms with van der Waals surface area (Å²) in [4.78, 5) is 13.2. The first-order valence-corrected chi connectivity index (χ1v) is 13.1. The SMILES string of the molecule is Cc1ccc(C(NC(=O)C2CCN(S(=O)(=O)Cc3ccccc3F)CC2)c2ccccc2)cc1. The molecule has 3 aromatic rings. The Labute approximate surface area is 200 Å². The lowest BCUT2D eigenvalue weighted by molar-refractivity contribution is -0.126. The van der Waals surface area contributed by atoms with Gasteiger partial charge in [0.2, 0.25) is 15.9 Å². The molecule has 1 fully saturated rings. The molecule has 1 atom stereocenters. The Kier molecular flexibility index (Phi) is 7.44. The summed E-state index contributed by atoms with van der Waals surface area (Å²) >= 11 is 0. The first-order chi connectivity index (χ1) is 16.3. The Morgan fingerprint density at radius 2 is 1.53 bits per heavy atom. The van der Waals surface area contributed by atoms with Crippen LogP contribution in [0, 0.1) is 18.7 Å². The number of carbonyl (C=O) groups excluding carboxylic acids is 1. The highest BCUT2D eigenvalue weighted by molar-refractivity contribution is 7.88. The number of rotatable bonds is 7. The van der Waals surface area contributed by atoms with Crippen LogP contribution in [0.15, 0.2) is 78.9 Å². The van der Waals surface area contributed by atoms with E-state index >= 15 is 0 Å². The number of nitrogens with one attached hydrogen (secondary N) is 1. The molecule has 1 aliphatic heterocycles. The predicted molar refractivity (Wildman–Crippen MR) is 131 cm³/mol. The minimum absolute atomic E-state index is 0.0828. The number of benzene rings is 3. The zero-order chi connectivity index (χ0) is 24.1. The summed E-state index contributed by atoms with van der Waals surface area (Å²) in [5, 5.41) is 3.18. The summed E-state index contributed by atoms with van der Waals surface area (Å²) < 4.78 is 41.0. The van der Waals surface area contributed by atoms with E-state index in [1.807, 2.05) is 61.5 Å². The molecule has 0 radical (unpaired) electrons. The van der Waals surface area contributed by atoms with Gasteiger partial charge >= 0.3 is 0 Å². The Bertz CT molecular complexity index is 1220. The van der Waals surface area contributed by atoms with Crippen molar-refractivity contribution >= 4 is 15.9 Å². The standard InChI is InChI=1S/C27H29FN2O3S/c1-20-11-13-22(14-12-20)26(21-7-3-2-4-8-21)29-27(31)23-15-17-30(18-16-23)34(32,33)19-24-9-5-6-10-25(24)28/h2-14,23,26H,15-19H2,1H3,(H,29,31). The van der Waals surface area contributed by atoms with Crippen LogP contribution in [0.5, 0.6) is 0 Å². The fourth-order valence-corrected chi connectivity index (χ4v) is 5.90. The van der Waals surface area contributed by atoms with Gasteiger partial charge in [0, 0.05) is 24.6 Å². The van der Waals surface area contributed by atoms with E-state index < -0.39 is 15.8 Å². The van der Waals surface area contributed by atoms with Crippen LogP contribution in [-0.2, 0) is 20.6 Å². The third-order valence-corrected chi connectivity index (χ3v) is 8.17. The molecule has 34 heavy (non-hydrogen) atoms. The van der Waals surface area contributed by atoms with Crippen molar-refractivity contribution in [2.75, 3.05) is 13.1 Å². The normalized spacial score (nSPS) is 16.2. The average molecular weight is 481 g/mol. The van der Waals surface area contributed by atoms with E-state index in [4.69, 9.17) is 0 Å². The Balaban J connectivity index is 1.42. The second-order valence-corrected chi connectivity index (χ2v) is 10.8. The maximum absolute atomic E-state index is 13.9. The molecule has 1 unspecified atom stereocenters. The van der Waals surface area contributed by atoms with Gasteiger partial charge in [-0.1, -0.05) is 78.4 Å². The summed E-state index contributed by atoms with van der Waals surface area (Å²) in [5.74, 6) is -1.26. The molecule has 178 valence electrons. The van der Waals surface area contributed by atoms with Gasteiger partial charge in [0.15, 0.2) is 0 Å². The predicted octanol–water partition coefficient (Wildman–Crippen LogP) is 4.58. The molecule has 0 spiro atoms. The van der Waals surface area contributed by atoms with Gasteiger partial charge in [-0.3, -0.25) is 4.79 Å². The number of piperidine rings is 1. The minimum Gasteiger partial charge on any atom is -0.345 e. The maximum Gasteiger partial charge on any atom is 0.223 e. The molecule has 7 heteroatoms. The van der Waals surface area contributed by atoms with Crippen molar-refractivity contribution in [1.29, 1.82) is 0 Å². The average Bonchev–Trinajstić information content (AvgIpc) is 2.85. The highest BCUT2D eigenvalue weighted by atomic mass is 32.2. The highest BCUT2D eigenvalue weighted by Crippen LogP contribution is 2.26. The van der Waals surface area contributed by atoms with E-state index in [2.05, 4.69) is 5.32 Å². The second-order valence-electron chi connectivity index (χ2n) is 8.78. The van der Waals surface area contributed by atoms with Gasteiger partial charge in [0.05, 0.1) is 11.8 Å². The van der Waals surface area contributed by atoms with Gasteiger partial charge in [-0.2, -0.15) is 0 Å². The van der Waals surface area contributed by atoms with E-state index in [0.717, 1.165) is 16.7 Å². The number of aryl methyl sites for hydroxylation is 1. The molecule has 0 saturated carbocycles. The fourth-order valence-electron chi connectivity index (χ4n) is 4.32. The molecule has 1 heterocycles. The Morgan fingerprint density at radius 1 is 0.941 bits per heavy atom. The molecule has 1 amide bonds. The number of halogens is 1. The van der Waals surface area contributed by atoms with Gasteiger partial charge in [0.25, 0.3) is 0 Å². The molecule has 4 rings (SSSR count). The molecular weight excluding hydrogens is 451 g/mol. The van der Waals surface area contributed by atoms with Crippen molar-refractivity contribution in [1.82, 2.24) is 9.62 Å². The van der Waals surface area contributed by atoms with Crippen molar-refractivity contribution in [3.63, 3.8) is 0 Å². The van der Waals surface area contributed by atoms with Crippen LogP contribution in [-0.4, -0.2) is 31.7 Å². The number of nitrogens with zero attached hydrogens (tertiary/aromatic N) is 1. The van der Waals surface area contributed by atoms with Gasteiger partial charge in [0.1, 0.15) is 5.82 Å². The van der Waals surface area contributed by atoms with E-state index in [-0.39, 0.29) is 42.3 Å². The molecule has 0 aromatic heterocycles. The monoisotopic (exact) mass is 480 g/mol. The van der Waals surface area contributed by atoms with Crippen LogP contribution in [0.25, 0.3) is 0 Å². The van der Waals surface area contributed by atoms with Crippen molar-refractivity contribution in [3.05, 3.63) is 107 Å². The largest absolute Gasteiger partial charge is 0.345 e. The fraction of sp³-hybridized carbons (Fsp3) is 0.296. The number of carbonyl (C=O) groups is 1. The molecule has 5 nitrogen and oxygen atoms in total. The van der Waals surface area contributed by atoms with Crippen LogP contribution in [0.1, 0.15) is 41.1 Å². The summed E-state index contributed by atoms with van der Waals surface area (Å²) in [6, 6.07) is 23.5. The van der Waals surface area contributed by atoms with Gasteiger partial charge in [-0.25, -0.2) is 17.1 Å². The number of amides is 1. The smallest absolute Gasteiger partial charge is 0.223 e. The third-order valence-electron chi connectivity index (χ3n) is 6.34. The topological polar surface area (TPSA) is 66.5 Å². The Morgan fingerprint density at radius 3 is 2.18 bits per heavy atom. The lowest BCUT2D eigenvalue weighted by Crippen LogP contribution is -2.44. The van der Waals surface area contributed by atoms with Gasteiger partial charge in [-0.05, 0) is 37.0 Å². The van der Waals surface area contributed by atoms with Gasteiger partial charge < -0.3 is 5.32 Å². The van der Waals surface area contributed by atoms with Crippen LogP contribution in [0.4, 0.5) is 4.39 Å². The van der Waals surface area contributed by atoms with Crippen LogP contribution >= 0.6 is 0 Å². The molecule has 3 aromatic carbocycles. The van der Waals surface area contributed by atoms with Crippen molar-refractivity contribution in [2.24, 2.45) is 5.92 Å². The van der Waals surface area contributed by atoms with Crippen LogP contribution < -0.4 is 5.32 Å². The lowest BCUT2D eigenvalue weighted by Gasteiger charge is -2.31. The number of sulfonamides is 1. The molecule has 0 bridgehead atoms. The first kappa shape index (κ1) is 24.1. The van der Waals surface area contributed by atoms with E-state index in [1.54, 1.807) is 6.07 Å². The molecule has 1 saturated heterocycles. The quantitative estimate of drug-likeness (QED) is 0.538. The summed E-state index contributed by atoms with van der Waals surface area (Å²) in [7, 11) is -3.66. The van der Waals surface area contributed by atoms with E-state index in [9.17, 15) is 17.6 Å². The van der Waals surface area contributed by atoms with Crippen LogP contribution in [0.3, 0.4) is 0 Å². The lowest BCUT2D eigenvalue weighted by atomic mass is 9.94. The van der Waals surface area contributed by atoms with Crippen molar-refractivity contribution in [2.45, 2.75) is 31.6 Å². The zero-order valence-corrected chi connectivity index (χ0v) is 20.0. The molecule has 1 N–H and O–H groups in total. The highest BCUT2D eigenvalue weighted by Gasteiger charge is 2.32. The summed E-state index contributed by atoms with van der Waals surface area (Å²) in [6.07, 6.45) is 0.857. The molecular formula is C27H29FN2O3S. The number of hydrogen-bond donors (Lipinski definition) is 1. The Hall–Kier alpha value is -3.03. The van der Waals surface area contributed by atoms with Crippen LogP contribution in [0.2, 0.25) is 0 Å². The van der Waals surface area contributed by atoms with Crippen molar-refractivity contribution in [3.8, 4) is 0 Å². The third kappa shape index (κ3) is 5.72. The number of hydrogen-bond acceptors (Lipinski definition) is 3.